The molecule has 2 heterocycles. The predicted octanol–water partition coefficient (Wildman–Crippen LogP) is 3.39. The summed E-state index contributed by atoms with van der Waals surface area (Å²) in [6.07, 6.45) is -3.75. The first-order chi connectivity index (χ1) is 17.3. The first-order valence-electron chi connectivity index (χ1n) is 10.8. The molecule has 3 aromatic rings. The number of benzene rings is 1. The normalized spacial score (nSPS) is 14.5. The Kier molecular flexibility index (Phi) is 6.60. The Morgan fingerprint density at radius 2 is 1.81 bits per heavy atom. The van der Waals surface area contributed by atoms with Crippen LogP contribution in [-0.4, -0.2) is 52.3 Å². The second-order valence-corrected chi connectivity index (χ2v) is 8.58. The van der Waals surface area contributed by atoms with Crippen molar-refractivity contribution in [3.8, 4) is 5.69 Å². The van der Waals surface area contributed by atoms with Crippen molar-refractivity contribution in [2.45, 2.75) is 25.1 Å². The van der Waals surface area contributed by atoms with Crippen molar-refractivity contribution in [1.82, 2.24) is 14.9 Å². The Morgan fingerprint density at radius 1 is 1.19 bits per heavy atom. The van der Waals surface area contributed by atoms with Gasteiger partial charge in [-0.15, -0.1) is 0 Å². The third-order valence-corrected chi connectivity index (χ3v) is 5.80. The fourth-order valence-corrected chi connectivity index (χ4v) is 3.90. The molecule has 4 rings (SSSR count). The number of carbonyl (C=O) groups is 2. The van der Waals surface area contributed by atoms with E-state index >= 15 is 0 Å². The Balaban J connectivity index is 1.93. The number of alkyl halides is 3. The number of likely N-dealkylation sites (N-methyl/N-ethyl adjacent to an activating group) is 1. The summed E-state index contributed by atoms with van der Waals surface area (Å²) in [6.45, 7) is -0.539. The van der Waals surface area contributed by atoms with E-state index in [1.807, 2.05) is 0 Å². The third-order valence-electron chi connectivity index (χ3n) is 5.80. The summed E-state index contributed by atoms with van der Waals surface area (Å²) in [5.74, 6) is -7.75. The summed E-state index contributed by atoms with van der Waals surface area (Å²) >= 11 is 0. The van der Waals surface area contributed by atoms with Crippen LogP contribution >= 0.6 is 0 Å². The van der Waals surface area contributed by atoms with Gasteiger partial charge in [-0.3, -0.25) is 19.0 Å². The largest absolute Gasteiger partial charge is 0.480 e. The molecule has 2 N–H and O–H groups in total. The summed E-state index contributed by atoms with van der Waals surface area (Å²) < 4.78 is 84.0. The zero-order chi connectivity index (χ0) is 27.2. The van der Waals surface area contributed by atoms with Crippen molar-refractivity contribution < 1.29 is 41.0 Å². The zero-order valence-corrected chi connectivity index (χ0v) is 18.9. The SMILES string of the molecule is CN(CC(=O)O)c1ccc2c(=O)c(C(=O)N[C@@H](C3CC3)C(F)(F)F)cn(-c3c(F)cc(F)cc3F)c2n1. The van der Waals surface area contributed by atoms with E-state index in [2.05, 4.69) is 4.98 Å². The molecule has 1 aromatic carbocycles. The maximum Gasteiger partial charge on any atom is 0.408 e. The average Bonchev–Trinajstić information content (AvgIpc) is 3.61. The van der Waals surface area contributed by atoms with Crippen LogP contribution in [0.5, 0.6) is 0 Å². The van der Waals surface area contributed by atoms with E-state index in [1.54, 1.807) is 5.32 Å². The van der Waals surface area contributed by atoms with Gasteiger partial charge in [0.1, 0.15) is 35.5 Å². The monoisotopic (exact) mass is 528 g/mol. The molecule has 1 amide bonds. The number of anilines is 1. The highest BCUT2D eigenvalue weighted by Gasteiger charge is 2.49. The van der Waals surface area contributed by atoms with E-state index in [9.17, 15) is 40.7 Å². The molecule has 37 heavy (non-hydrogen) atoms. The summed E-state index contributed by atoms with van der Waals surface area (Å²) in [5, 5.41) is 10.4. The Hall–Kier alpha value is -4.10. The second kappa shape index (κ2) is 9.41. The predicted molar refractivity (Wildman–Crippen MR) is 118 cm³/mol. The highest BCUT2D eigenvalue weighted by atomic mass is 19.4. The van der Waals surface area contributed by atoms with Gasteiger partial charge in [0.05, 0.1) is 5.39 Å². The highest BCUT2D eigenvalue weighted by Crippen LogP contribution is 2.40. The van der Waals surface area contributed by atoms with Crippen LogP contribution in [0.15, 0.2) is 35.3 Å². The second-order valence-electron chi connectivity index (χ2n) is 8.58. The van der Waals surface area contributed by atoms with Crippen LogP contribution in [0.25, 0.3) is 16.7 Å². The molecular formula is C23H18F6N4O4. The standard InChI is InChI=1S/C23H18F6N4O4/c1-32(9-17(34)35)16-5-4-12-19(36)13(22(37)31-20(10-2-3-10)23(27,28)29)8-33(21(12)30-16)18-14(25)6-11(24)7-15(18)26/h4-8,10,20H,2-3,9H2,1H3,(H,31,37)(H,34,35)/t20-/m0/s1. The minimum Gasteiger partial charge on any atom is -0.480 e. The number of carbonyl (C=O) groups excluding carboxylic acids is 1. The number of pyridine rings is 2. The fourth-order valence-electron chi connectivity index (χ4n) is 3.90. The summed E-state index contributed by atoms with van der Waals surface area (Å²) in [6, 6.07) is 0.712. The van der Waals surface area contributed by atoms with Crippen molar-refractivity contribution in [2.24, 2.45) is 5.92 Å². The number of carboxylic acid groups (broad SMARTS) is 1. The summed E-state index contributed by atoms with van der Waals surface area (Å²) in [7, 11) is 1.33. The number of amides is 1. The van der Waals surface area contributed by atoms with Crippen LogP contribution in [0, 0.1) is 23.4 Å². The number of rotatable bonds is 7. The van der Waals surface area contributed by atoms with Gasteiger partial charge in [-0.2, -0.15) is 13.2 Å². The maximum atomic E-state index is 14.7. The van der Waals surface area contributed by atoms with Gasteiger partial charge in [-0.1, -0.05) is 0 Å². The number of halogens is 6. The molecule has 14 heteroatoms. The number of aromatic nitrogens is 2. The van der Waals surface area contributed by atoms with Crippen LogP contribution in [0.3, 0.4) is 0 Å². The van der Waals surface area contributed by atoms with Gasteiger partial charge in [0, 0.05) is 25.4 Å². The molecule has 1 atom stereocenters. The molecule has 196 valence electrons. The van der Waals surface area contributed by atoms with Crippen molar-refractivity contribution in [3.63, 3.8) is 0 Å². The number of aliphatic carboxylic acids is 1. The third kappa shape index (κ3) is 5.22. The lowest BCUT2D eigenvalue weighted by atomic mass is 10.1. The molecule has 0 radical (unpaired) electrons. The van der Waals surface area contributed by atoms with Gasteiger partial charge < -0.3 is 15.3 Å². The Labute approximate surface area is 204 Å². The van der Waals surface area contributed by atoms with Gasteiger partial charge in [0.25, 0.3) is 5.91 Å². The van der Waals surface area contributed by atoms with Crippen LogP contribution in [-0.2, 0) is 4.79 Å². The van der Waals surface area contributed by atoms with Gasteiger partial charge in [-0.25, -0.2) is 18.2 Å². The van der Waals surface area contributed by atoms with E-state index in [-0.39, 0.29) is 18.7 Å². The molecule has 1 fully saturated rings. The Morgan fingerprint density at radius 3 is 2.35 bits per heavy atom. The molecule has 2 aromatic heterocycles. The summed E-state index contributed by atoms with van der Waals surface area (Å²) in [4.78, 5) is 42.2. The Bertz CT molecular complexity index is 1450. The number of hydrogen-bond acceptors (Lipinski definition) is 5. The molecular weight excluding hydrogens is 510 g/mol. The van der Waals surface area contributed by atoms with Gasteiger partial charge in [0.2, 0.25) is 5.43 Å². The number of nitrogens with zero attached hydrogens (tertiary/aromatic N) is 3. The average molecular weight is 528 g/mol. The van der Waals surface area contributed by atoms with Crippen molar-refractivity contribution in [2.75, 3.05) is 18.5 Å². The zero-order valence-electron chi connectivity index (χ0n) is 18.9. The molecule has 0 spiro atoms. The van der Waals surface area contributed by atoms with E-state index in [0.29, 0.717) is 22.9 Å². The van der Waals surface area contributed by atoms with Crippen molar-refractivity contribution >= 4 is 28.7 Å². The number of hydrogen-bond donors (Lipinski definition) is 2. The first kappa shape index (κ1) is 26.0. The fraction of sp³-hybridized carbons (Fsp3) is 0.304. The molecule has 8 nitrogen and oxygen atoms in total. The van der Waals surface area contributed by atoms with Gasteiger partial charge in [0.15, 0.2) is 17.3 Å². The molecule has 1 aliphatic carbocycles. The summed E-state index contributed by atoms with van der Waals surface area (Å²) in [5.41, 5.74) is -3.35. The minimum atomic E-state index is -4.80. The lowest BCUT2D eigenvalue weighted by Gasteiger charge is -2.22. The molecule has 0 unspecified atom stereocenters. The molecule has 1 saturated carbocycles. The van der Waals surface area contributed by atoms with Gasteiger partial charge in [-0.05, 0) is 30.9 Å². The topological polar surface area (TPSA) is 105 Å². The van der Waals surface area contributed by atoms with E-state index in [4.69, 9.17) is 5.11 Å². The molecule has 1 aliphatic rings. The quantitative estimate of drug-likeness (QED) is 0.456. The number of nitrogens with one attached hydrogen (secondary N) is 1. The van der Waals surface area contributed by atoms with Crippen molar-refractivity contribution in [3.05, 3.63) is 63.7 Å². The number of carboxylic acids is 1. The maximum absolute atomic E-state index is 14.7. The van der Waals surface area contributed by atoms with Crippen LogP contribution in [0.1, 0.15) is 23.2 Å². The molecule has 0 bridgehead atoms. The lowest BCUT2D eigenvalue weighted by molar-refractivity contribution is -0.158. The minimum absolute atomic E-state index is 0.0472. The van der Waals surface area contributed by atoms with Crippen molar-refractivity contribution in [1.29, 1.82) is 0 Å². The van der Waals surface area contributed by atoms with Crippen LogP contribution in [0.2, 0.25) is 0 Å². The van der Waals surface area contributed by atoms with E-state index < -0.39 is 81.7 Å². The van der Waals surface area contributed by atoms with Crippen LogP contribution in [0.4, 0.5) is 32.2 Å². The van der Waals surface area contributed by atoms with Crippen LogP contribution < -0.4 is 15.6 Å². The molecule has 0 aliphatic heterocycles. The van der Waals surface area contributed by atoms with Gasteiger partial charge >= 0.3 is 12.1 Å². The van der Waals surface area contributed by atoms with E-state index in [0.717, 1.165) is 11.0 Å². The first-order valence-corrected chi connectivity index (χ1v) is 10.8. The smallest absolute Gasteiger partial charge is 0.408 e. The lowest BCUT2D eigenvalue weighted by Crippen LogP contribution is -2.48. The highest BCUT2D eigenvalue weighted by molar-refractivity contribution is 5.97. The molecule has 0 saturated heterocycles. The number of fused-ring (bicyclic) bond motifs is 1. The van der Waals surface area contributed by atoms with E-state index in [1.165, 1.54) is 13.1 Å².